The minimum atomic E-state index is 0.634. The second-order valence-electron chi connectivity index (χ2n) is 8.40. The third-order valence-electron chi connectivity index (χ3n) is 6.02. The van der Waals surface area contributed by atoms with Crippen molar-refractivity contribution in [3.8, 4) is 33.0 Å². The van der Waals surface area contributed by atoms with Crippen LogP contribution in [-0.4, -0.2) is 8.75 Å². The summed E-state index contributed by atoms with van der Waals surface area (Å²) in [6, 6.07) is 27.9. The van der Waals surface area contributed by atoms with Gasteiger partial charge in [-0.2, -0.15) is 28.0 Å². The van der Waals surface area contributed by atoms with E-state index < -0.39 is 0 Å². The fourth-order valence-corrected chi connectivity index (χ4v) is 7.35. The standard InChI is InChI=1S/C29H16N6S4/c1-17-28(34-38-32-17)27(26-13-12-25(37-26)22-9-5-3-7-19(22)16-31)29-23(33-39-35-29)14-20-10-11-24(36-20)21-8-4-2-6-18(21)15-30/h2-14H,1H3/b23-14-,29-27+. The first-order valence-corrected chi connectivity index (χ1v) is 14.8. The lowest BCUT2D eigenvalue weighted by atomic mass is 10.0. The van der Waals surface area contributed by atoms with Crippen LogP contribution in [0, 0.1) is 29.6 Å². The quantitative estimate of drug-likeness (QED) is 0.210. The first-order valence-electron chi connectivity index (χ1n) is 11.7. The molecule has 4 heterocycles. The molecule has 1 aliphatic rings. The molecule has 186 valence electrons. The van der Waals surface area contributed by atoms with Crippen molar-refractivity contribution in [1.82, 2.24) is 8.75 Å². The van der Waals surface area contributed by atoms with Gasteiger partial charge in [-0.3, -0.25) is 0 Å². The zero-order valence-electron chi connectivity index (χ0n) is 20.3. The molecule has 6 rings (SSSR count). The smallest absolute Gasteiger partial charge is 0.115 e. The van der Waals surface area contributed by atoms with E-state index in [0.717, 1.165) is 70.3 Å². The number of hydrogen-bond acceptors (Lipinski definition) is 9. The summed E-state index contributed by atoms with van der Waals surface area (Å²) in [6.07, 6.45) is 2.02. The number of nitriles is 2. The number of aryl methyl sites for hydroxylation is 1. The van der Waals surface area contributed by atoms with E-state index >= 15 is 0 Å². The van der Waals surface area contributed by atoms with Gasteiger partial charge in [0.1, 0.15) is 17.1 Å². The highest BCUT2D eigenvalue weighted by Crippen LogP contribution is 2.41. The lowest BCUT2D eigenvalue weighted by Gasteiger charge is -2.07. The minimum Gasteiger partial charge on any atom is -0.192 e. The fourth-order valence-electron chi connectivity index (χ4n) is 4.19. The number of aromatic nitrogens is 2. The summed E-state index contributed by atoms with van der Waals surface area (Å²) >= 11 is 5.52. The van der Waals surface area contributed by atoms with Crippen molar-refractivity contribution in [3.05, 3.63) is 116 Å². The van der Waals surface area contributed by atoms with Crippen molar-refractivity contribution in [1.29, 1.82) is 10.5 Å². The third kappa shape index (κ3) is 4.83. The highest BCUT2D eigenvalue weighted by Gasteiger charge is 2.24. The zero-order chi connectivity index (χ0) is 26.8. The molecule has 0 aliphatic carbocycles. The van der Waals surface area contributed by atoms with Gasteiger partial charge in [0.2, 0.25) is 0 Å². The van der Waals surface area contributed by atoms with Crippen molar-refractivity contribution in [2.24, 2.45) is 8.73 Å². The van der Waals surface area contributed by atoms with Crippen LogP contribution in [0.25, 0.3) is 32.5 Å². The Morgan fingerprint density at radius 3 is 2.10 bits per heavy atom. The van der Waals surface area contributed by atoms with Crippen LogP contribution in [-0.2, 0) is 11.4 Å². The van der Waals surface area contributed by atoms with Crippen LogP contribution in [0.3, 0.4) is 0 Å². The van der Waals surface area contributed by atoms with Gasteiger partial charge in [-0.25, -0.2) is 0 Å². The first kappa shape index (κ1) is 25.0. The van der Waals surface area contributed by atoms with Crippen molar-refractivity contribution >= 4 is 57.4 Å². The Morgan fingerprint density at radius 1 is 0.769 bits per heavy atom. The molecule has 0 saturated heterocycles. The Labute approximate surface area is 240 Å². The monoisotopic (exact) mass is 576 g/mol. The molecule has 10 heteroatoms. The van der Waals surface area contributed by atoms with E-state index in [9.17, 15) is 10.5 Å². The summed E-state index contributed by atoms with van der Waals surface area (Å²) in [4.78, 5) is 4.00. The third-order valence-corrected chi connectivity index (χ3v) is 9.39. The van der Waals surface area contributed by atoms with E-state index in [4.69, 9.17) is 4.36 Å². The van der Waals surface area contributed by atoms with Gasteiger partial charge < -0.3 is 0 Å². The van der Waals surface area contributed by atoms with Gasteiger partial charge in [-0.15, -0.1) is 22.7 Å². The van der Waals surface area contributed by atoms with Gasteiger partial charge in [0.15, 0.2) is 0 Å². The van der Waals surface area contributed by atoms with E-state index in [1.807, 2.05) is 85.8 Å². The van der Waals surface area contributed by atoms with Crippen molar-refractivity contribution in [2.45, 2.75) is 6.92 Å². The molecule has 3 aromatic heterocycles. The molecule has 0 N–H and O–H groups in total. The molecule has 0 amide bonds. The molecular weight excluding hydrogens is 561 g/mol. The summed E-state index contributed by atoms with van der Waals surface area (Å²) in [5.41, 5.74) is 7.06. The number of hydrogen-bond donors (Lipinski definition) is 0. The van der Waals surface area contributed by atoms with Gasteiger partial charge in [0.25, 0.3) is 0 Å². The maximum Gasteiger partial charge on any atom is 0.115 e. The average molecular weight is 577 g/mol. The number of nitrogens with zero attached hydrogens (tertiary/aromatic N) is 6. The van der Waals surface area contributed by atoms with Crippen molar-refractivity contribution in [3.63, 3.8) is 0 Å². The molecule has 1 aliphatic heterocycles. The van der Waals surface area contributed by atoms with Crippen LogP contribution in [0.5, 0.6) is 0 Å². The lowest BCUT2D eigenvalue weighted by Crippen LogP contribution is -1.94. The Bertz CT molecular complexity index is 1950. The van der Waals surface area contributed by atoms with E-state index in [-0.39, 0.29) is 0 Å². The average Bonchev–Trinajstić information content (AvgIpc) is 3.79. The van der Waals surface area contributed by atoms with Crippen LogP contribution in [0.1, 0.15) is 32.3 Å². The molecule has 0 spiro atoms. The van der Waals surface area contributed by atoms with Crippen LogP contribution in [0.4, 0.5) is 0 Å². The molecule has 0 saturated carbocycles. The zero-order valence-corrected chi connectivity index (χ0v) is 23.6. The van der Waals surface area contributed by atoms with Crippen molar-refractivity contribution < 1.29 is 0 Å². The Morgan fingerprint density at radius 2 is 1.44 bits per heavy atom. The van der Waals surface area contributed by atoms with E-state index in [1.54, 1.807) is 22.7 Å². The highest BCUT2D eigenvalue weighted by molar-refractivity contribution is 7.57. The molecule has 0 atom stereocenters. The molecule has 2 aromatic carbocycles. The summed E-state index contributed by atoms with van der Waals surface area (Å²) < 4.78 is 18.4. The number of thiophene rings is 2. The second kappa shape index (κ2) is 10.8. The SMILES string of the molecule is Cc1nsnc1/C(=C1/N=S=N/C1=C\c1ccc(-c2ccccc2C#N)s1)c1ccc(-c2ccccc2C#N)s1. The predicted octanol–water partition coefficient (Wildman–Crippen LogP) is 8.31. The highest BCUT2D eigenvalue weighted by atomic mass is 32.1. The van der Waals surface area contributed by atoms with Crippen LogP contribution >= 0.6 is 34.4 Å². The Hall–Kier alpha value is -4.32. The van der Waals surface area contributed by atoms with Gasteiger partial charge in [-0.1, -0.05) is 36.4 Å². The summed E-state index contributed by atoms with van der Waals surface area (Å²) in [7, 11) is 0. The molecule has 0 unspecified atom stereocenters. The predicted molar refractivity (Wildman–Crippen MR) is 160 cm³/mol. The van der Waals surface area contributed by atoms with E-state index in [1.165, 1.54) is 11.7 Å². The topological polar surface area (TPSA) is 98.1 Å². The number of rotatable bonds is 5. The van der Waals surface area contributed by atoms with Gasteiger partial charge >= 0.3 is 0 Å². The van der Waals surface area contributed by atoms with Gasteiger partial charge in [-0.05, 0) is 49.4 Å². The molecule has 6 nitrogen and oxygen atoms in total. The summed E-state index contributed by atoms with van der Waals surface area (Å²) in [6.45, 7) is 1.94. The van der Waals surface area contributed by atoms with Gasteiger partial charge in [0, 0.05) is 36.2 Å². The Kier molecular flexibility index (Phi) is 6.93. The van der Waals surface area contributed by atoms with Crippen molar-refractivity contribution in [2.75, 3.05) is 0 Å². The summed E-state index contributed by atoms with van der Waals surface area (Å²) in [5, 5.41) is 19.1. The molecule has 5 aromatic rings. The maximum absolute atomic E-state index is 9.61. The molecule has 0 bridgehead atoms. The second-order valence-corrected chi connectivity index (χ2v) is 11.7. The normalized spacial score (nSPS) is 14.7. The van der Waals surface area contributed by atoms with Gasteiger partial charge in [0.05, 0.1) is 52.0 Å². The largest absolute Gasteiger partial charge is 0.192 e. The fraction of sp³-hybridized carbons (Fsp3) is 0.0345. The van der Waals surface area contributed by atoms with E-state index in [2.05, 4.69) is 25.2 Å². The molecule has 39 heavy (non-hydrogen) atoms. The minimum absolute atomic E-state index is 0.634. The number of benzene rings is 2. The first-order chi connectivity index (χ1) is 19.2. The van der Waals surface area contributed by atoms with E-state index in [0.29, 0.717) is 11.1 Å². The lowest BCUT2D eigenvalue weighted by molar-refractivity contribution is 1.26. The van der Waals surface area contributed by atoms with Crippen LogP contribution < -0.4 is 0 Å². The van der Waals surface area contributed by atoms with Crippen LogP contribution in [0.2, 0.25) is 0 Å². The summed E-state index contributed by atoms with van der Waals surface area (Å²) in [5.74, 6) is 0. The maximum atomic E-state index is 9.61. The molecular formula is C29H16N6S4. The Balaban J connectivity index is 1.45. The molecule has 0 fully saturated rings. The molecule has 0 radical (unpaired) electrons. The van der Waals surface area contributed by atoms with Crippen LogP contribution in [0.15, 0.2) is 92.9 Å².